The second-order valence-corrected chi connectivity index (χ2v) is 4.70. The van der Waals surface area contributed by atoms with Gasteiger partial charge in [-0.3, -0.25) is 0 Å². The number of amides is 2. The summed E-state index contributed by atoms with van der Waals surface area (Å²) in [6, 6.07) is 11.9. The van der Waals surface area contributed by atoms with Crippen LogP contribution in [0.2, 0.25) is 0 Å². The van der Waals surface area contributed by atoms with Gasteiger partial charge in [-0.1, -0.05) is 24.3 Å². The summed E-state index contributed by atoms with van der Waals surface area (Å²) in [5, 5.41) is 5.25. The second-order valence-electron chi connectivity index (χ2n) is 4.70. The van der Waals surface area contributed by atoms with Crippen molar-refractivity contribution in [1.29, 1.82) is 0 Å². The normalized spacial score (nSPS) is 10.0. The highest BCUT2D eigenvalue weighted by molar-refractivity contribution is 6.00. The molecule has 2 aromatic carbocycles. The molecular formula is C17H17FN2O3. The molecule has 0 atom stereocenters. The van der Waals surface area contributed by atoms with Crippen LogP contribution in [0.3, 0.4) is 0 Å². The van der Waals surface area contributed by atoms with E-state index in [1.54, 1.807) is 43.3 Å². The van der Waals surface area contributed by atoms with E-state index in [2.05, 4.69) is 10.6 Å². The number of para-hydroxylation sites is 1. The van der Waals surface area contributed by atoms with Gasteiger partial charge in [0, 0.05) is 6.54 Å². The third-order valence-electron chi connectivity index (χ3n) is 3.04. The Bertz CT molecular complexity index is 686. The lowest BCUT2D eigenvalue weighted by atomic mass is 10.2. The van der Waals surface area contributed by atoms with E-state index in [-0.39, 0.29) is 24.5 Å². The number of halogens is 1. The Morgan fingerprint density at radius 3 is 2.48 bits per heavy atom. The minimum absolute atomic E-state index is 0.244. The third kappa shape index (κ3) is 4.81. The summed E-state index contributed by atoms with van der Waals surface area (Å²) < 4.78 is 17.8. The molecule has 0 aliphatic carbocycles. The molecule has 0 aliphatic rings. The zero-order chi connectivity index (χ0) is 16.7. The Hall–Kier alpha value is -2.89. The number of carbonyl (C=O) groups is 2. The first-order valence-electron chi connectivity index (χ1n) is 7.15. The number of anilines is 1. The fraction of sp³-hybridized carbons (Fsp3) is 0.176. The van der Waals surface area contributed by atoms with Crippen LogP contribution in [0.1, 0.15) is 22.8 Å². The van der Waals surface area contributed by atoms with Crippen molar-refractivity contribution in [3.63, 3.8) is 0 Å². The summed E-state index contributed by atoms with van der Waals surface area (Å²) in [4.78, 5) is 23.8. The van der Waals surface area contributed by atoms with Gasteiger partial charge < -0.3 is 15.4 Å². The van der Waals surface area contributed by atoms with Crippen molar-refractivity contribution < 1.29 is 18.7 Å². The van der Waals surface area contributed by atoms with Crippen LogP contribution < -0.4 is 10.6 Å². The Balaban J connectivity index is 1.97. The number of carbonyl (C=O) groups excluding carboxylic acids is 2. The van der Waals surface area contributed by atoms with E-state index >= 15 is 0 Å². The molecule has 0 radical (unpaired) electrons. The highest BCUT2D eigenvalue weighted by Gasteiger charge is 2.13. The monoisotopic (exact) mass is 316 g/mol. The zero-order valence-electron chi connectivity index (χ0n) is 12.6. The van der Waals surface area contributed by atoms with E-state index < -0.39 is 12.0 Å². The fourth-order valence-corrected chi connectivity index (χ4v) is 1.93. The maximum absolute atomic E-state index is 12.8. The molecule has 0 bridgehead atoms. The number of rotatable bonds is 5. The summed E-state index contributed by atoms with van der Waals surface area (Å²) in [5.74, 6) is -0.830. The summed E-state index contributed by atoms with van der Waals surface area (Å²) in [6.45, 7) is 2.21. The number of hydrogen-bond acceptors (Lipinski definition) is 3. The summed E-state index contributed by atoms with van der Waals surface area (Å²) in [7, 11) is 0. The van der Waals surface area contributed by atoms with E-state index in [1.165, 1.54) is 12.1 Å². The van der Waals surface area contributed by atoms with Crippen LogP contribution in [0.4, 0.5) is 14.9 Å². The van der Waals surface area contributed by atoms with E-state index in [1.807, 2.05) is 0 Å². The highest BCUT2D eigenvalue weighted by atomic mass is 19.1. The molecule has 5 nitrogen and oxygen atoms in total. The standard InChI is InChI=1S/C17H17FN2O3/c1-2-23-16(21)14-5-3-4-6-15(14)20-17(22)19-11-12-7-9-13(18)10-8-12/h3-10H,2,11H2,1H3,(H2,19,20,22). The van der Waals surface area contributed by atoms with Gasteiger partial charge in [-0.2, -0.15) is 0 Å². The molecule has 0 aromatic heterocycles. The topological polar surface area (TPSA) is 67.4 Å². The SMILES string of the molecule is CCOC(=O)c1ccccc1NC(=O)NCc1ccc(F)cc1. The summed E-state index contributed by atoms with van der Waals surface area (Å²) >= 11 is 0. The first kappa shape index (κ1) is 16.5. The average Bonchev–Trinajstić information content (AvgIpc) is 2.55. The fourth-order valence-electron chi connectivity index (χ4n) is 1.93. The van der Waals surface area contributed by atoms with Crippen LogP contribution in [0, 0.1) is 5.82 Å². The van der Waals surface area contributed by atoms with E-state index in [0.717, 1.165) is 5.56 Å². The Kier molecular flexibility index (Phi) is 5.68. The molecule has 2 rings (SSSR count). The van der Waals surface area contributed by atoms with Gasteiger partial charge in [-0.15, -0.1) is 0 Å². The Labute approximate surface area is 133 Å². The second kappa shape index (κ2) is 7.93. The van der Waals surface area contributed by atoms with Crippen LogP contribution >= 0.6 is 0 Å². The molecule has 2 amide bonds. The van der Waals surface area contributed by atoms with Crippen molar-refractivity contribution in [3.05, 3.63) is 65.5 Å². The number of ether oxygens (including phenoxy) is 1. The lowest BCUT2D eigenvalue weighted by Gasteiger charge is -2.11. The van der Waals surface area contributed by atoms with Crippen molar-refractivity contribution in [1.82, 2.24) is 5.32 Å². The maximum atomic E-state index is 12.8. The molecule has 0 unspecified atom stereocenters. The number of nitrogens with one attached hydrogen (secondary N) is 2. The maximum Gasteiger partial charge on any atom is 0.340 e. The predicted molar refractivity (Wildman–Crippen MR) is 84.7 cm³/mol. The number of hydrogen-bond donors (Lipinski definition) is 2. The van der Waals surface area contributed by atoms with E-state index in [0.29, 0.717) is 5.69 Å². The van der Waals surface area contributed by atoms with Gasteiger partial charge in [0.2, 0.25) is 0 Å². The van der Waals surface area contributed by atoms with Gasteiger partial charge in [0.25, 0.3) is 0 Å². The molecule has 2 aromatic rings. The molecule has 0 saturated carbocycles. The lowest BCUT2D eigenvalue weighted by Crippen LogP contribution is -2.29. The van der Waals surface area contributed by atoms with Crippen molar-refractivity contribution in [3.8, 4) is 0 Å². The molecule has 0 aliphatic heterocycles. The molecule has 0 fully saturated rings. The molecule has 120 valence electrons. The molecule has 6 heteroatoms. The largest absolute Gasteiger partial charge is 0.462 e. The van der Waals surface area contributed by atoms with Gasteiger partial charge in [0.1, 0.15) is 5.82 Å². The van der Waals surface area contributed by atoms with Crippen LogP contribution in [-0.2, 0) is 11.3 Å². The van der Waals surface area contributed by atoms with Crippen molar-refractivity contribution in [2.75, 3.05) is 11.9 Å². The van der Waals surface area contributed by atoms with Gasteiger partial charge in [0.05, 0.1) is 17.9 Å². The van der Waals surface area contributed by atoms with Crippen molar-refractivity contribution in [2.24, 2.45) is 0 Å². The predicted octanol–water partition coefficient (Wildman–Crippen LogP) is 3.32. The smallest absolute Gasteiger partial charge is 0.340 e. The Morgan fingerprint density at radius 2 is 1.78 bits per heavy atom. The van der Waals surface area contributed by atoms with Crippen LogP contribution in [0.25, 0.3) is 0 Å². The van der Waals surface area contributed by atoms with Gasteiger partial charge >= 0.3 is 12.0 Å². The molecule has 23 heavy (non-hydrogen) atoms. The summed E-state index contributed by atoms with van der Waals surface area (Å²) in [5.41, 5.74) is 1.41. The molecule has 0 saturated heterocycles. The van der Waals surface area contributed by atoms with Crippen molar-refractivity contribution >= 4 is 17.7 Å². The number of esters is 1. The Morgan fingerprint density at radius 1 is 1.09 bits per heavy atom. The average molecular weight is 316 g/mol. The quantitative estimate of drug-likeness (QED) is 0.832. The molecule has 0 heterocycles. The first-order valence-corrected chi connectivity index (χ1v) is 7.15. The van der Waals surface area contributed by atoms with Crippen LogP contribution in [0.5, 0.6) is 0 Å². The lowest BCUT2D eigenvalue weighted by molar-refractivity contribution is 0.0527. The minimum atomic E-state index is -0.498. The van der Waals surface area contributed by atoms with Crippen LogP contribution in [0.15, 0.2) is 48.5 Å². The molecular weight excluding hydrogens is 299 g/mol. The third-order valence-corrected chi connectivity index (χ3v) is 3.04. The molecule has 2 N–H and O–H groups in total. The zero-order valence-corrected chi connectivity index (χ0v) is 12.6. The van der Waals surface area contributed by atoms with E-state index in [4.69, 9.17) is 4.74 Å². The van der Waals surface area contributed by atoms with Crippen LogP contribution in [-0.4, -0.2) is 18.6 Å². The van der Waals surface area contributed by atoms with Gasteiger partial charge in [0.15, 0.2) is 0 Å². The number of benzene rings is 2. The van der Waals surface area contributed by atoms with Gasteiger partial charge in [-0.25, -0.2) is 14.0 Å². The van der Waals surface area contributed by atoms with E-state index in [9.17, 15) is 14.0 Å². The van der Waals surface area contributed by atoms with Gasteiger partial charge in [-0.05, 0) is 36.8 Å². The highest BCUT2D eigenvalue weighted by Crippen LogP contribution is 2.16. The minimum Gasteiger partial charge on any atom is -0.462 e. The first-order chi connectivity index (χ1) is 11.1. The summed E-state index contributed by atoms with van der Waals surface area (Å²) in [6.07, 6.45) is 0. The molecule has 0 spiro atoms. The number of urea groups is 1. The van der Waals surface area contributed by atoms with Crippen molar-refractivity contribution in [2.45, 2.75) is 13.5 Å².